The van der Waals surface area contributed by atoms with E-state index in [9.17, 15) is 9.59 Å². The number of carbonyl (C=O) groups is 2. The highest BCUT2D eigenvalue weighted by Crippen LogP contribution is 2.53. The molecule has 5 rings (SSSR count). The van der Waals surface area contributed by atoms with Gasteiger partial charge in [-0.2, -0.15) is 5.26 Å². The van der Waals surface area contributed by atoms with E-state index in [0.717, 1.165) is 36.2 Å². The van der Waals surface area contributed by atoms with Gasteiger partial charge in [-0.3, -0.25) is 9.59 Å². The fraction of sp³-hybridized carbons (Fsp3) is 0.385. The lowest BCUT2D eigenvalue weighted by Gasteiger charge is -2.46. The topological polar surface area (TPSA) is 126 Å². The average Bonchev–Trinajstić information content (AvgIpc) is 3.38. The summed E-state index contributed by atoms with van der Waals surface area (Å²) < 4.78 is 1.92. The second kappa shape index (κ2) is 8.31. The van der Waals surface area contributed by atoms with Crippen LogP contribution >= 0.6 is 0 Å². The first kappa shape index (κ1) is 22.7. The first-order chi connectivity index (χ1) is 16.8. The minimum atomic E-state index is -0.376. The number of fused-ring (bicyclic) bond motifs is 1. The van der Waals surface area contributed by atoms with Crippen LogP contribution in [0.2, 0.25) is 0 Å². The van der Waals surface area contributed by atoms with Gasteiger partial charge in [0.05, 0.1) is 22.9 Å². The summed E-state index contributed by atoms with van der Waals surface area (Å²) in [6.45, 7) is 4.71. The molecule has 0 atom stereocenters. The van der Waals surface area contributed by atoms with Crippen molar-refractivity contribution in [3.8, 4) is 6.07 Å². The van der Waals surface area contributed by atoms with Crippen molar-refractivity contribution in [2.24, 2.45) is 13.0 Å². The quantitative estimate of drug-likeness (QED) is 0.528. The van der Waals surface area contributed by atoms with Crippen LogP contribution in [0.15, 0.2) is 36.7 Å². The van der Waals surface area contributed by atoms with Crippen LogP contribution in [0.25, 0.3) is 0 Å². The lowest BCUT2D eigenvalue weighted by Crippen LogP contribution is -2.44. The molecule has 35 heavy (non-hydrogen) atoms. The van der Waals surface area contributed by atoms with Gasteiger partial charge in [-0.25, -0.2) is 4.98 Å². The Morgan fingerprint density at radius 3 is 2.83 bits per heavy atom. The Hall–Kier alpha value is -4.06. The maximum Gasteiger partial charge on any atom is 0.274 e. The average molecular weight is 470 g/mol. The van der Waals surface area contributed by atoms with Crippen molar-refractivity contribution >= 4 is 23.6 Å². The Bertz CT molecular complexity index is 1360. The number of rotatable bonds is 6. The van der Waals surface area contributed by atoms with Crippen LogP contribution in [0.5, 0.6) is 0 Å². The van der Waals surface area contributed by atoms with Gasteiger partial charge in [-0.05, 0) is 42.5 Å². The molecule has 0 saturated heterocycles. The fourth-order valence-electron chi connectivity index (χ4n) is 5.40. The second-order valence-electron chi connectivity index (χ2n) is 10.2. The van der Waals surface area contributed by atoms with Crippen LogP contribution in [0, 0.1) is 17.2 Å². The number of aldehydes is 1. The Kier molecular flexibility index (Phi) is 5.39. The van der Waals surface area contributed by atoms with Gasteiger partial charge in [-0.1, -0.05) is 26.0 Å². The molecule has 1 aromatic carbocycles. The third-order valence-electron chi connectivity index (χ3n) is 7.22. The van der Waals surface area contributed by atoms with E-state index in [-0.39, 0.29) is 22.4 Å². The summed E-state index contributed by atoms with van der Waals surface area (Å²) in [5.74, 6) is 0.768. The third kappa shape index (κ3) is 3.75. The van der Waals surface area contributed by atoms with Gasteiger partial charge < -0.3 is 15.2 Å². The zero-order chi connectivity index (χ0) is 24.8. The van der Waals surface area contributed by atoms with Gasteiger partial charge in [0.1, 0.15) is 17.8 Å². The number of amides is 1. The molecule has 1 amide bonds. The summed E-state index contributed by atoms with van der Waals surface area (Å²) in [6.07, 6.45) is 4.53. The van der Waals surface area contributed by atoms with Crippen molar-refractivity contribution in [1.29, 1.82) is 5.26 Å². The second-order valence-corrected chi connectivity index (χ2v) is 10.2. The summed E-state index contributed by atoms with van der Waals surface area (Å²) in [5.41, 5.74) is 3.06. The number of anilines is 2. The first-order valence-corrected chi connectivity index (χ1v) is 11.7. The number of hydrogen-bond acceptors (Lipinski definition) is 7. The van der Waals surface area contributed by atoms with Crippen molar-refractivity contribution in [2.75, 3.05) is 17.2 Å². The molecular formula is C26H27N7O2. The monoisotopic (exact) mass is 469 g/mol. The Morgan fingerprint density at radius 1 is 1.34 bits per heavy atom. The van der Waals surface area contributed by atoms with Gasteiger partial charge in [0.2, 0.25) is 0 Å². The SMILES string of the molecule is Cn1cnnc1C1(c2cccc(NC(=O)c3cc(C=O)c4c(n3)C(C)(C)CN4)c2)CC(CC#N)C1. The van der Waals surface area contributed by atoms with E-state index in [1.807, 2.05) is 49.7 Å². The minimum Gasteiger partial charge on any atom is -0.382 e. The molecule has 0 spiro atoms. The molecule has 178 valence electrons. The molecule has 9 nitrogen and oxygen atoms in total. The molecular weight excluding hydrogens is 442 g/mol. The number of carbonyl (C=O) groups excluding carboxylic acids is 2. The number of aromatic nitrogens is 4. The lowest BCUT2D eigenvalue weighted by molar-refractivity contribution is 0.102. The van der Waals surface area contributed by atoms with Crippen LogP contribution in [-0.2, 0) is 17.9 Å². The number of nitrogens with zero attached hydrogens (tertiary/aromatic N) is 5. The normalized spacial score (nSPS) is 21.8. The summed E-state index contributed by atoms with van der Waals surface area (Å²) in [4.78, 5) is 29.5. The molecule has 1 aliphatic heterocycles. The zero-order valence-electron chi connectivity index (χ0n) is 20.0. The van der Waals surface area contributed by atoms with Crippen molar-refractivity contribution in [1.82, 2.24) is 19.7 Å². The fourth-order valence-corrected chi connectivity index (χ4v) is 5.40. The van der Waals surface area contributed by atoms with Crippen LogP contribution < -0.4 is 10.6 Å². The highest BCUT2D eigenvalue weighted by molar-refractivity contribution is 6.04. The van der Waals surface area contributed by atoms with Gasteiger partial charge in [0.15, 0.2) is 6.29 Å². The number of benzene rings is 1. The predicted octanol–water partition coefficient (Wildman–Crippen LogP) is 3.59. The van der Waals surface area contributed by atoms with Gasteiger partial charge in [-0.15, -0.1) is 10.2 Å². The van der Waals surface area contributed by atoms with E-state index >= 15 is 0 Å². The van der Waals surface area contributed by atoms with E-state index in [1.165, 1.54) is 6.07 Å². The molecule has 1 aliphatic carbocycles. The number of nitrogens with one attached hydrogen (secondary N) is 2. The zero-order valence-corrected chi connectivity index (χ0v) is 20.0. The molecule has 0 radical (unpaired) electrons. The van der Waals surface area contributed by atoms with E-state index in [2.05, 4.69) is 31.9 Å². The highest BCUT2D eigenvalue weighted by atomic mass is 16.2. The molecule has 3 aromatic rings. The van der Waals surface area contributed by atoms with Crippen molar-refractivity contribution in [3.63, 3.8) is 0 Å². The number of hydrogen-bond donors (Lipinski definition) is 2. The van der Waals surface area contributed by atoms with Crippen LogP contribution in [-0.4, -0.2) is 38.5 Å². The number of aryl methyl sites for hydroxylation is 1. The summed E-state index contributed by atoms with van der Waals surface area (Å²) >= 11 is 0. The van der Waals surface area contributed by atoms with Crippen LogP contribution in [0.1, 0.15) is 71.0 Å². The minimum absolute atomic E-state index is 0.203. The number of pyridine rings is 1. The predicted molar refractivity (Wildman–Crippen MR) is 130 cm³/mol. The summed E-state index contributed by atoms with van der Waals surface area (Å²) in [7, 11) is 1.92. The van der Waals surface area contributed by atoms with Crippen molar-refractivity contribution in [2.45, 2.75) is 43.9 Å². The maximum absolute atomic E-state index is 13.2. The van der Waals surface area contributed by atoms with Gasteiger partial charge in [0, 0.05) is 36.7 Å². The Balaban J connectivity index is 1.45. The molecule has 2 aromatic heterocycles. The molecule has 1 saturated carbocycles. The Morgan fingerprint density at radius 2 is 2.14 bits per heavy atom. The molecule has 2 N–H and O–H groups in total. The van der Waals surface area contributed by atoms with Gasteiger partial charge in [0.25, 0.3) is 5.91 Å². The standard InChI is InChI=1S/C26H27N7O2/c1-25(2)14-28-21-17(13-34)9-20(31-22(21)25)23(35)30-19-6-4-5-18(10-19)26(11-16(12-26)7-8-27)24-32-29-15-33(24)3/h4-6,9-10,13,15-16,28H,7,11-12,14H2,1-3H3,(H,30,35). The van der Waals surface area contributed by atoms with E-state index in [1.54, 1.807) is 6.33 Å². The molecule has 0 bridgehead atoms. The van der Waals surface area contributed by atoms with Crippen LogP contribution in [0.4, 0.5) is 11.4 Å². The Labute approximate surface area is 203 Å². The molecule has 2 aliphatic rings. The third-order valence-corrected chi connectivity index (χ3v) is 7.22. The lowest BCUT2D eigenvalue weighted by atomic mass is 9.57. The molecule has 1 fully saturated rings. The molecule has 0 unspecified atom stereocenters. The highest BCUT2D eigenvalue weighted by Gasteiger charge is 2.49. The van der Waals surface area contributed by atoms with Crippen molar-refractivity contribution < 1.29 is 9.59 Å². The van der Waals surface area contributed by atoms with E-state index < -0.39 is 0 Å². The molecule has 3 heterocycles. The van der Waals surface area contributed by atoms with Crippen molar-refractivity contribution in [3.05, 3.63) is 65.0 Å². The summed E-state index contributed by atoms with van der Waals surface area (Å²) in [5, 5.41) is 23.8. The van der Waals surface area contributed by atoms with Gasteiger partial charge >= 0.3 is 0 Å². The number of nitriles is 1. The van der Waals surface area contributed by atoms with E-state index in [0.29, 0.717) is 35.8 Å². The first-order valence-electron chi connectivity index (χ1n) is 11.7. The van der Waals surface area contributed by atoms with Crippen LogP contribution in [0.3, 0.4) is 0 Å². The van der Waals surface area contributed by atoms with E-state index in [4.69, 9.17) is 5.26 Å². The summed E-state index contributed by atoms with van der Waals surface area (Å²) in [6, 6.07) is 11.5. The smallest absolute Gasteiger partial charge is 0.274 e. The largest absolute Gasteiger partial charge is 0.382 e. The molecule has 9 heteroatoms. The maximum atomic E-state index is 13.2.